The third-order valence-corrected chi connectivity index (χ3v) is 3.59. The van der Waals surface area contributed by atoms with Crippen molar-refractivity contribution < 1.29 is 14.7 Å². The Morgan fingerprint density at radius 3 is 2.27 bits per heavy atom. The maximum atomic E-state index is 12.7. The number of aliphatic carboxylic acids is 1. The molecule has 0 radical (unpaired) electrons. The highest BCUT2D eigenvalue weighted by Crippen LogP contribution is 2.26. The molecule has 0 aromatic heterocycles. The molecule has 1 unspecified atom stereocenters. The van der Waals surface area contributed by atoms with Gasteiger partial charge in [-0.25, -0.2) is 0 Å². The molecular weight excluding hydrogens is 278 g/mol. The topological polar surface area (TPSA) is 80.4 Å². The largest absolute Gasteiger partial charge is 0.481 e. The van der Waals surface area contributed by atoms with E-state index in [-0.39, 0.29) is 12.2 Å². The molecule has 0 heterocycles. The molecule has 3 N–H and O–H groups in total. The molecule has 0 saturated carbocycles. The van der Waals surface area contributed by atoms with Crippen LogP contribution in [0.5, 0.6) is 0 Å². The molecule has 2 aromatic carbocycles. The first-order valence-corrected chi connectivity index (χ1v) is 7.26. The number of carboxylic acids is 1. The van der Waals surface area contributed by atoms with Crippen LogP contribution in [0.1, 0.15) is 23.2 Å². The average Bonchev–Trinajstić information content (AvgIpc) is 2.55. The minimum Gasteiger partial charge on any atom is -0.481 e. The third-order valence-electron chi connectivity index (χ3n) is 3.59. The van der Waals surface area contributed by atoms with Crippen LogP contribution in [0, 0.1) is 5.92 Å². The highest BCUT2D eigenvalue weighted by atomic mass is 16.4. The van der Waals surface area contributed by atoms with Crippen LogP contribution in [-0.4, -0.2) is 23.4 Å². The number of nitrogens with two attached hydrogens (primary N) is 1. The molecule has 0 aliphatic rings. The first-order valence-electron chi connectivity index (χ1n) is 7.26. The van der Waals surface area contributed by atoms with Crippen molar-refractivity contribution in [2.24, 2.45) is 11.7 Å². The highest BCUT2D eigenvalue weighted by Gasteiger charge is 2.28. The van der Waals surface area contributed by atoms with E-state index >= 15 is 0 Å². The standard InChI is InChI=1S/C18H19NO3/c19-12-6-11-16(18(21)22)17(20)15-10-5-4-9-14(15)13-7-2-1-3-8-13/h1-5,7-10,16H,6,11-12,19H2,(H,21,22). The van der Waals surface area contributed by atoms with Gasteiger partial charge in [0, 0.05) is 5.56 Å². The van der Waals surface area contributed by atoms with Crippen LogP contribution >= 0.6 is 0 Å². The van der Waals surface area contributed by atoms with Gasteiger partial charge in [-0.15, -0.1) is 0 Å². The molecule has 22 heavy (non-hydrogen) atoms. The normalized spacial score (nSPS) is 11.9. The quantitative estimate of drug-likeness (QED) is 0.608. The molecule has 2 rings (SSSR count). The number of ketones is 1. The van der Waals surface area contributed by atoms with Gasteiger partial charge in [0.05, 0.1) is 0 Å². The fraction of sp³-hybridized carbons (Fsp3) is 0.222. The lowest BCUT2D eigenvalue weighted by molar-refractivity contribution is -0.140. The Hall–Kier alpha value is -2.46. The Morgan fingerprint density at radius 2 is 1.64 bits per heavy atom. The summed E-state index contributed by atoms with van der Waals surface area (Å²) < 4.78 is 0. The molecule has 0 bridgehead atoms. The molecule has 2 aromatic rings. The van der Waals surface area contributed by atoms with Crippen molar-refractivity contribution in [1.82, 2.24) is 0 Å². The van der Waals surface area contributed by atoms with Crippen molar-refractivity contribution in [1.29, 1.82) is 0 Å². The van der Waals surface area contributed by atoms with Gasteiger partial charge in [-0.1, -0.05) is 54.6 Å². The van der Waals surface area contributed by atoms with E-state index in [0.29, 0.717) is 18.5 Å². The van der Waals surface area contributed by atoms with E-state index in [9.17, 15) is 14.7 Å². The predicted molar refractivity (Wildman–Crippen MR) is 85.6 cm³/mol. The Balaban J connectivity index is 2.39. The zero-order chi connectivity index (χ0) is 15.9. The van der Waals surface area contributed by atoms with Gasteiger partial charge >= 0.3 is 5.97 Å². The number of benzene rings is 2. The van der Waals surface area contributed by atoms with E-state index in [2.05, 4.69) is 0 Å². The number of hydrogen-bond acceptors (Lipinski definition) is 3. The fourth-order valence-corrected chi connectivity index (χ4v) is 2.44. The summed E-state index contributed by atoms with van der Waals surface area (Å²) in [6.45, 7) is 0.372. The van der Waals surface area contributed by atoms with E-state index in [1.54, 1.807) is 12.1 Å². The third kappa shape index (κ3) is 3.59. The molecule has 4 nitrogen and oxygen atoms in total. The molecule has 0 saturated heterocycles. The summed E-state index contributed by atoms with van der Waals surface area (Å²) in [4.78, 5) is 24.1. The Kier molecular flexibility index (Phi) is 5.44. The van der Waals surface area contributed by atoms with Crippen molar-refractivity contribution in [3.63, 3.8) is 0 Å². The number of carboxylic acid groups (broad SMARTS) is 1. The summed E-state index contributed by atoms with van der Waals surface area (Å²) in [5, 5.41) is 9.33. The SMILES string of the molecule is NCCCC(C(=O)O)C(=O)c1ccccc1-c1ccccc1. The highest BCUT2D eigenvalue weighted by molar-refractivity contribution is 6.11. The van der Waals surface area contributed by atoms with Gasteiger partial charge in [0.15, 0.2) is 5.78 Å². The summed E-state index contributed by atoms with van der Waals surface area (Å²) in [7, 11) is 0. The number of hydrogen-bond donors (Lipinski definition) is 2. The van der Waals surface area contributed by atoms with Gasteiger partial charge < -0.3 is 10.8 Å². The van der Waals surface area contributed by atoms with Gasteiger partial charge in [-0.3, -0.25) is 9.59 Å². The van der Waals surface area contributed by atoms with Crippen LogP contribution in [0.15, 0.2) is 54.6 Å². The Labute approximate surface area is 129 Å². The summed E-state index contributed by atoms with van der Waals surface area (Å²) in [5.41, 5.74) is 7.53. The lowest BCUT2D eigenvalue weighted by Crippen LogP contribution is -2.25. The summed E-state index contributed by atoms with van der Waals surface area (Å²) in [6, 6.07) is 16.6. The van der Waals surface area contributed by atoms with Crippen molar-refractivity contribution >= 4 is 11.8 Å². The molecule has 114 valence electrons. The van der Waals surface area contributed by atoms with Crippen LogP contribution in [0.2, 0.25) is 0 Å². The van der Waals surface area contributed by atoms with Crippen LogP contribution in [-0.2, 0) is 4.79 Å². The molecule has 1 atom stereocenters. The number of carbonyl (C=O) groups excluding carboxylic acids is 1. The van der Waals surface area contributed by atoms with E-state index in [1.165, 1.54) is 0 Å². The van der Waals surface area contributed by atoms with Crippen LogP contribution in [0.4, 0.5) is 0 Å². The Bertz CT molecular complexity index is 652. The van der Waals surface area contributed by atoms with Gasteiger partial charge in [0.25, 0.3) is 0 Å². The van der Waals surface area contributed by atoms with Crippen molar-refractivity contribution in [2.75, 3.05) is 6.54 Å². The monoisotopic (exact) mass is 297 g/mol. The zero-order valence-electron chi connectivity index (χ0n) is 12.2. The molecule has 0 aliphatic carbocycles. The van der Waals surface area contributed by atoms with Gasteiger partial charge in [0.1, 0.15) is 5.92 Å². The van der Waals surface area contributed by atoms with E-state index in [1.807, 2.05) is 42.5 Å². The summed E-state index contributed by atoms with van der Waals surface area (Å²) in [5.74, 6) is -2.50. The molecule has 0 aliphatic heterocycles. The van der Waals surface area contributed by atoms with E-state index in [4.69, 9.17) is 5.73 Å². The van der Waals surface area contributed by atoms with E-state index in [0.717, 1.165) is 11.1 Å². The van der Waals surface area contributed by atoms with Crippen LogP contribution in [0.25, 0.3) is 11.1 Å². The fourth-order valence-electron chi connectivity index (χ4n) is 2.44. The summed E-state index contributed by atoms with van der Waals surface area (Å²) >= 11 is 0. The van der Waals surface area contributed by atoms with Gasteiger partial charge in [-0.05, 0) is 30.5 Å². The predicted octanol–water partition coefficient (Wildman–Crippen LogP) is 2.98. The second-order valence-electron chi connectivity index (χ2n) is 5.10. The van der Waals surface area contributed by atoms with Crippen LogP contribution in [0.3, 0.4) is 0 Å². The number of carbonyl (C=O) groups is 2. The maximum Gasteiger partial charge on any atom is 0.314 e. The minimum atomic E-state index is -1.10. The Morgan fingerprint density at radius 1 is 1.00 bits per heavy atom. The van der Waals surface area contributed by atoms with Crippen molar-refractivity contribution in [3.05, 3.63) is 60.2 Å². The second kappa shape index (κ2) is 7.52. The molecule has 0 spiro atoms. The number of rotatable bonds is 7. The van der Waals surface area contributed by atoms with E-state index < -0.39 is 11.9 Å². The maximum absolute atomic E-state index is 12.7. The van der Waals surface area contributed by atoms with Crippen molar-refractivity contribution in [2.45, 2.75) is 12.8 Å². The first kappa shape index (κ1) is 15.9. The lowest BCUT2D eigenvalue weighted by Gasteiger charge is -2.14. The number of Topliss-reactive ketones (excluding diaryl/α,β-unsaturated/α-hetero) is 1. The molecule has 0 fully saturated rings. The molecule has 4 heteroatoms. The minimum absolute atomic E-state index is 0.258. The lowest BCUT2D eigenvalue weighted by atomic mass is 9.88. The van der Waals surface area contributed by atoms with Crippen LogP contribution < -0.4 is 5.73 Å². The zero-order valence-corrected chi connectivity index (χ0v) is 12.2. The van der Waals surface area contributed by atoms with Gasteiger partial charge in [-0.2, -0.15) is 0 Å². The van der Waals surface area contributed by atoms with Crippen molar-refractivity contribution in [3.8, 4) is 11.1 Å². The molecule has 0 amide bonds. The average molecular weight is 297 g/mol. The summed E-state index contributed by atoms with van der Waals surface area (Å²) in [6.07, 6.45) is 0.768. The first-order chi connectivity index (χ1) is 10.6. The smallest absolute Gasteiger partial charge is 0.314 e. The second-order valence-corrected chi connectivity index (χ2v) is 5.10. The molecular formula is C18H19NO3. The van der Waals surface area contributed by atoms with Gasteiger partial charge in [0.2, 0.25) is 0 Å².